The van der Waals surface area contributed by atoms with Gasteiger partial charge in [0.25, 0.3) is 0 Å². The number of aryl methyl sites for hydroxylation is 1. The Balaban J connectivity index is 1.77. The van der Waals surface area contributed by atoms with Crippen molar-refractivity contribution in [2.75, 3.05) is 0 Å². The molecule has 2 aromatic heterocycles. The summed E-state index contributed by atoms with van der Waals surface area (Å²) in [5, 5.41) is 5.20. The van der Waals surface area contributed by atoms with Crippen LogP contribution in [-0.2, 0) is 13.1 Å². The summed E-state index contributed by atoms with van der Waals surface area (Å²) in [7, 11) is 0. The summed E-state index contributed by atoms with van der Waals surface area (Å²) in [6, 6.07) is 9.91. The van der Waals surface area contributed by atoms with E-state index in [4.69, 9.17) is 11.6 Å². The molecule has 3 aromatic rings. The highest BCUT2D eigenvalue weighted by molar-refractivity contribution is 6.35. The molecule has 1 aromatic carbocycles. The zero-order valence-electron chi connectivity index (χ0n) is 11.8. The number of nitrogens with zero attached hydrogens (tertiary/aromatic N) is 2. The van der Waals surface area contributed by atoms with E-state index in [9.17, 15) is 0 Å². The first-order valence-electron chi connectivity index (χ1n) is 6.88. The Morgan fingerprint density at radius 2 is 1.90 bits per heavy atom. The molecule has 21 heavy (non-hydrogen) atoms. The molecule has 0 saturated heterocycles. The summed E-state index contributed by atoms with van der Waals surface area (Å²) in [4.78, 5) is 8.56. The van der Waals surface area contributed by atoms with Gasteiger partial charge in [-0.15, -0.1) is 0 Å². The van der Waals surface area contributed by atoms with Gasteiger partial charge >= 0.3 is 0 Å². The first-order chi connectivity index (χ1) is 10.3. The number of aromatic nitrogens is 2. The molecular formula is C17H16ClN3. The van der Waals surface area contributed by atoms with E-state index in [0.717, 1.165) is 34.6 Å². The van der Waals surface area contributed by atoms with Crippen LogP contribution < -0.4 is 5.32 Å². The highest BCUT2D eigenvalue weighted by Gasteiger charge is 2.05. The Labute approximate surface area is 129 Å². The maximum atomic E-state index is 6.21. The molecule has 0 bridgehead atoms. The topological polar surface area (TPSA) is 37.8 Å². The van der Waals surface area contributed by atoms with Gasteiger partial charge in [-0.05, 0) is 47.9 Å². The van der Waals surface area contributed by atoms with E-state index in [0.29, 0.717) is 0 Å². The van der Waals surface area contributed by atoms with E-state index < -0.39 is 0 Å². The van der Waals surface area contributed by atoms with Gasteiger partial charge in [0, 0.05) is 42.1 Å². The summed E-state index contributed by atoms with van der Waals surface area (Å²) in [5.41, 5.74) is 4.57. The predicted octanol–water partition coefficient (Wildman–Crippen LogP) is 3.88. The van der Waals surface area contributed by atoms with Crippen LogP contribution in [0, 0.1) is 6.92 Å². The molecule has 0 amide bonds. The van der Waals surface area contributed by atoms with Gasteiger partial charge in [-0.25, -0.2) is 0 Å². The molecule has 0 unspecified atom stereocenters. The van der Waals surface area contributed by atoms with Crippen molar-refractivity contribution in [1.82, 2.24) is 15.3 Å². The van der Waals surface area contributed by atoms with Crippen LogP contribution in [0.4, 0.5) is 0 Å². The van der Waals surface area contributed by atoms with Crippen LogP contribution in [-0.4, -0.2) is 9.97 Å². The van der Waals surface area contributed by atoms with E-state index >= 15 is 0 Å². The van der Waals surface area contributed by atoms with Crippen molar-refractivity contribution in [3.63, 3.8) is 0 Å². The first-order valence-corrected chi connectivity index (χ1v) is 7.26. The Hall–Kier alpha value is -1.97. The maximum absolute atomic E-state index is 6.21. The number of rotatable bonds is 4. The number of pyridine rings is 2. The number of halogens is 1. The molecule has 0 fully saturated rings. The molecular weight excluding hydrogens is 282 g/mol. The molecule has 0 aliphatic carbocycles. The van der Waals surface area contributed by atoms with Gasteiger partial charge in [-0.2, -0.15) is 0 Å². The quantitative estimate of drug-likeness (QED) is 0.794. The van der Waals surface area contributed by atoms with Gasteiger partial charge in [0.1, 0.15) is 0 Å². The molecule has 0 aliphatic rings. The van der Waals surface area contributed by atoms with Crippen LogP contribution in [0.5, 0.6) is 0 Å². The maximum Gasteiger partial charge on any atom is 0.0761 e. The van der Waals surface area contributed by atoms with E-state index in [1.165, 1.54) is 11.1 Å². The number of nitrogens with one attached hydrogen (secondary N) is 1. The number of fused-ring (bicyclic) bond motifs is 1. The normalized spacial score (nSPS) is 11.0. The van der Waals surface area contributed by atoms with E-state index in [-0.39, 0.29) is 0 Å². The second-order valence-corrected chi connectivity index (χ2v) is 5.42. The fourth-order valence-electron chi connectivity index (χ4n) is 2.37. The fourth-order valence-corrected chi connectivity index (χ4v) is 2.59. The third kappa shape index (κ3) is 3.04. The molecule has 3 nitrogen and oxygen atoms in total. The minimum absolute atomic E-state index is 0.742. The summed E-state index contributed by atoms with van der Waals surface area (Å²) in [6.07, 6.45) is 5.51. The van der Waals surface area contributed by atoms with Crippen molar-refractivity contribution >= 4 is 22.5 Å². The lowest BCUT2D eigenvalue weighted by Crippen LogP contribution is -2.14. The van der Waals surface area contributed by atoms with E-state index in [1.807, 2.05) is 42.7 Å². The number of benzene rings is 1. The first kappa shape index (κ1) is 14.0. The van der Waals surface area contributed by atoms with Crippen LogP contribution in [0.15, 0.2) is 48.9 Å². The van der Waals surface area contributed by atoms with Gasteiger partial charge in [-0.3, -0.25) is 9.97 Å². The summed E-state index contributed by atoms with van der Waals surface area (Å²) in [6.45, 7) is 3.64. The van der Waals surface area contributed by atoms with Crippen molar-refractivity contribution in [2.45, 2.75) is 20.0 Å². The van der Waals surface area contributed by atoms with Crippen molar-refractivity contribution in [1.29, 1.82) is 0 Å². The Bertz CT molecular complexity index is 771. The van der Waals surface area contributed by atoms with E-state index in [2.05, 4.69) is 22.2 Å². The van der Waals surface area contributed by atoms with Gasteiger partial charge in [0.05, 0.1) is 5.52 Å². The molecule has 106 valence electrons. The number of hydrogen-bond donors (Lipinski definition) is 1. The second-order valence-electron chi connectivity index (χ2n) is 5.01. The lowest BCUT2D eigenvalue weighted by Gasteiger charge is -2.10. The lowest BCUT2D eigenvalue weighted by atomic mass is 10.1. The molecule has 0 spiro atoms. The number of hydrogen-bond acceptors (Lipinski definition) is 3. The highest BCUT2D eigenvalue weighted by atomic mass is 35.5. The van der Waals surface area contributed by atoms with Crippen LogP contribution in [0.3, 0.4) is 0 Å². The largest absolute Gasteiger partial charge is 0.309 e. The van der Waals surface area contributed by atoms with Crippen molar-refractivity contribution in [3.05, 3.63) is 70.6 Å². The molecule has 2 heterocycles. The zero-order chi connectivity index (χ0) is 14.7. The Morgan fingerprint density at radius 1 is 1.05 bits per heavy atom. The minimum atomic E-state index is 0.742. The molecule has 3 rings (SSSR count). The average Bonchev–Trinajstić information content (AvgIpc) is 2.52. The summed E-state index contributed by atoms with van der Waals surface area (Å²) < 4.78 is 0. The second kappa shape index (κ2) is 6.20. The van der Waals surface area contributed by atoms with Crippen LogP contribution in [0.2, 0.25) is 5.02 Å². The SMILES string of the molecule is Cc1cnccc1CNCc1ccc(Cl)c2cccnc12. The summed E-state index contributed by atoms with van der Waals surface area (Å²) in [5.74, 6) is 0. The third-order valence-electron chi connectivity index (χ3n) is 3.57. The average molecular weight is 298 g/mol. The zero-order valence-corrected chi connectivity index (χ0v) is 12.6. The third-order valence-corrected chi connectivity index (χ3v) is 3.90. The van der Waals surface area contributed by atoms with Crippen LogP contribution in [0.25, 0.3) is 10.9 Å². The smallest absolute Gasteiger partial charge is 0.0761 e. The van der Waals surface area contributed by atoms with Gasteiger partial charge in [-0.1, -0.05) is 17.7 Å². The van der Waals surface area contributed by atoms with Crippen molar-refractivity contribution in [3.8, 4) is 0 Å². The van der Waals surface area contributed by atoms with Crippen LogP contribution in [0.1, 0.15) is 16.7 Å². The standard InChI is InChI=1S/C17H16ClN3/c1-12-9-19-8-6-13(12)10-20-11-14-4-5-16(18)15-3-2-7-21-17(14)15/h2-9,20H,10-11H2,1H3. The predicted molar refractivity (Wildman–Crippen MR) is 86.3 cm³/mol. The molecule has 0 aliphatic heterocycles. The monoisotopic (exact) mass is 297 g/mol. The lowest BCUT2D eigenvalue weighted by molar-refractivity contribution is 0.692. The van der Waals surface area contributed by atoms with Gasteiger partial charge in [0.15, 0.2) is 0 Å². The van der Waals surface area contributed by atoms with Gasteiger partial charge < -0.3 is 5.32 Å². The van der Waals surface area contributed by atoms with Crippen molar-refractivity contribution in [2.24, 2.45) is 0 Å². The molecule has 4 heteroatoms. The van der Waals surface area contributed by atoms with Crippen LogP contribution >= 0.6 is 11.6 Å². The van der Waals surface area contributed by atoms with Crippen molar-refractivity contribution < 1.29 is 0 Å². The highest BCUT2D eigenvalue weighted by Crippen LogP contribution is 2.24. The van der Waals surface area contributed by atoms with Gasteiger partial charge in [0.2, 0.25) is 0 Å². The minimum Gasteiger partial charge on any atom is -0.309 e. The fraction of sp³-hybridized carbons (Fsp3) is 0.176. The molecule has 1 N–H and O–H groups in total. The molecule has 0 saturated carbocycles. The van der Waals surface area contributed by atoms with E-state index in [1.54, 1.807) is 6.20 Å². The Kier molecular flexibility index (Phi) is 4.13. The summed E-state index contributed by atoms with van der Waals surface area (Å²) >= 11 is 6.21. The molecule has 0 atom stereocenters. The molecule has 0 radical (unpaired) electrons. The Morgan fingerprint density at radius 3 is 2.76 bits per heavy atom.